The molecule has 1 heterocycles. The first-order valence-electron chi connectivity index (χ1n) is 7.51. The number of aromatic nitrogens is 1. The van der Waals surface area contributed by atoms with Crippen LogP contribution >= 0.6 is 0 Å². The Bertz CT molecular complexity index is 406. The lowest BCUT2D eigenvalue weighted by Crippen LogP contribution is -2.21. The summed E-state index contributed by atoms with van der Waals surface area (Å²) in [6.07, 6.45) is 6.82. The van der Waals surface area contributed by atoms with E-state index in [1.807, 2.05) is 13.0 Å². The first-order chi connectivity index (χ1) is 9.15. The third kappa shape index (κ3) is 4.50. The third-order valence-corrected chi connectivity index (χ3v) is 4.16. The molecule has 1 aromatic rings. The van der Waals surface area contributed by atoms with Crippen LogP contribution in [0.15, 0.2) is 12.1 Å². The van der Waals surface area contributed by atoms with Gasteiger partial charge in [0.25, 0.3) is 0 Å². The van der Waals surface area contributed by atoms with Gasteiger partial charge in [0, 0.05) is 12.2 Å². The second-order valence-corrected chi connectivity index (χ2v) is 6.02. The molecule has 0 radical (unpaired) electrons. The molecular formula is C16H26N2O. The molecule has 3 nitrogen and oxygen atoms in total. The average Bonchev–Trinajstić information content (AvgIpc) is 2.39. The molecule has 1 saturated carbocycles. The Hall–Kier alpha value is -1.09. The lowest BCUT2D eigenvalue weighted by molar-refractivity contribution is 0.267. The van der Waals surface area contributed by atoms with Crippen molar-refractivity contribution in [2.45, 2.75) is 52.5 Å². The maximum atomic E-state index is 9.72. The largest absolute Gasteiger partial charge is 0.506 e. The monoisotopic (exact) mass is 262 g/mol. The van der Waals surface area contributed by atoms with Gasteiger partial charge in [-0.2, -0.15) is 0 Å². The van der Waals surface area contributed by atoms with E-state index in [0.29, 0.717) is 12.3 Å². The molecule has 1 aliphatic carbocycles. The molecule has 0 aliphatic heterocycles. The van der Waals surface area contributed by atoms with Gasteiger partial charge in [-0.15, -0.1) is 0 Å². The van der Waals surface area contributed by atoms with Crippen molar-refractivity contribution in [3.8, 4) is 5.75 Å². The van der Waals surface area contributed by atoms with E-state index in [1.54, 1.807) is 6.07 Å². The Labute approximate surface area is 116 Å². The molecule has 2 N–H and O–H groups in total. The van der Waals surface area contributed by atoms with Crippen LogP contribution in [0.4, 0.5) is 0 Å². The van der Waals surface area contributed by atoms with E-state index < -0.39 is 0 Å². The van der Waals surface area contributed by atoms with Crippen LogP contribution in [0.3, 0.4) is 0 Å². The third-order valence-electron chi connectivity index (χ3n) is 4.16. The first kappa shape index (κ1) is 14.3. The highest BCUT2D eigenvalue weighted by molar-refractivity contribution is 5.27. The quantitative estimate of drug-likeness (QED) is 0.799. The highest BCUT2D eigenvalue weighted by Crippen LogP contribution is 2.30. The van der Waals surface area contributed by atoms with Gasteiger partial charge in [-0.3, -0.25) is 4.98 Å². The van der Waals surface area contributed by atoms with Gasteiger partial charge >= 0.3 is 0 Å². The number of pyridine rings is 1. The molecule has 106 valence electrons. The summed E-state index contributed by atoms with van der Waals surface area (Å²) >= 11 is 0. The number of nitrogens with zero attached hydrogens (tertiary/aromatic N) is 1. The fourth-order valence-corrected chi connectivity index (χ4v) is 3.07. The molecule has 2 atom stereocenters. The van der Waals surface area contributed by atoms with Crippen LogP contribution in [0.2, 0.25) is 0 Å². The molecule has 0 bridgehead atoms. The van der Waals surface area contributed by atoms with Gasteiger partial charge in [0.15, 0.2) is 0 Å². The van der Waals surface area contributed by atoms with Crippen LogP contribution in [-0.2, 0) is 6.54 Å². The van der Waals surface area contributed by atoms with E-state index in [0.717, 1.165) is 29.8 Å². The number of aryl methyl sites for hydroxylation is 1. The van der Waals surface area contributed by atoms with Crippen molar-refractivity contribution < 1.29 is 5.11 Å². The minimum absolute atomic E-state index is 0.296. The summed E-state index contributed by atoms with van der Waals surface area (Å²) in [6.45, 7) is 6.00. The normalized spacial score (nSPS) is 23.5. The predicted octanol–water partition coefficient (Wildman–Crippen LogP) is 3.40. The molecule has 0 saturated heterocycles. The Balaban J connectivity index is 1.70. The van der Waals surface area contributed by atoms with Gasteiger partial charge in [0.05, 0.1) is 5.69 Å². The van der Waals surface area contributed by atoms with Gasteiger partial charge in [0.1, 0.15) is 5.75 Å². The second-order valence-electron chi connectivity index (χ2n) is 6.02. The maximum Gasteiger partial charge on any atom is 0.138 e. The van der Waals surface area contributed by atoms with E-state index in [1.165, 1.54) is 32.1 Å². The molecule has 2 unspecified atom stereocenters. The Kier molecular flexibility index (Phi) is 5.20. The number of nitrogens with one attached hydrogen (secondary N) is 1. The minimum Gasteiger partial charge on any atom is -0.506 e. The molecule has 3 heteroatoms. The number of aromatic hydroxyl groups is 1. The second kappa shape index (κ2) is 6.90. The first-order valence-corrected chi connectivity index (χ1v) is 7.51. The summed E-state index contributed by atoms with van der Waals surface area (Å²) in [5.74, 6) is 2.08. The maximum absolute atomic E-state index is 9.72. The highest BCUT2D eigenvalue weighted by Gasteiger charge is 2.18. The number of hydrogen-bond acceptors (Lipinski definition) is 3. The fourth-order valence-electron chi connectivity index (χ4n) is 3.07. The Morgan fingerprint density at radius 2 is 2.21 bits per heavy atom. The molecule has 1 aromatic heterocycles. The molecule has 0 spiro atoms. The summed E-state index contributed by atoms with van der Waals surface area (Å²) in [6, 6.07) is 3.56. The van der Waals surface area contributed by atoms with Crippen LogP contribution in [0.1, 0.15) is 50.4 Å². The summed E-state index contributed by atoms with van der Waals surface area (Å²) in [4.78, 5) is 4.36. The molecular weight excluding hydrogens is 236 g/mol. The summed E-state index contributed by atoms with van der Waals surface area (Å²) in [5, 5.41) is 13.1. The van der Waals surface area contributed by atoms with Crippen molar-refractivity contribution >= 4 is 0 Å². The van der Waals surface area contributed by atoms with Gasteiger partial charge in [-0.25, -0.2) is 0 Å². The van der Waals surface area contributed by atoms with Gasteiger partial charge in [-0.05, 0) is 50.3 Å². The smallest absolute Gasteiger partial charge is 0.138 e. The van der Waals surface area contributed by atoms with Crippen molar-refractivity contribution in [2.75, 3.05) is 6.54 Å². The van der Waals surface area contributed by atoms with Crippen molar-refractivity contribution in [1.29, 1.82) is 0 Å². The number of rotatable bonds is 5. The lowest BCUT2D eigenvalue weighted by Gasteiger charge is -2.26. The van der Waals surface area contributed by atoms with Crippen LogP contribution < -0.4 is 5.32 Å². The summed E-state index contributed by atoms with van der Waals surface area (Å²) in [7, 11) is 0. The van der Waals surface area contributed by atoms with Crippen molar-refractivity contribution in [1.82, 2.24) is 10.3 Å². The van der Waals surface area contributed by atoms with Crippen molar-refractivity contribution in [2.24, 2.45) is 11.8 Å². The molecule has 2 rings (SSSR count). The standard InChI is InChI=1S/C16H26N2O/c1-12-4-3-5-14(10-12)8-9-17-11-15-16(19)7-6-13(2)18-15/h6-7,12,14,17,19H,3-5,8-11H2,1-2H3. The number of hydrogen-bond donors (Lipinski definition) is 2. The van der Waals surface area contributed by atoms with E-state index in [-0.39, 0.29) is 0 Å². The van der Waals surface area contributed by atoms with E-state index in [9.17, 15) is 5.11 Å². The summed E-state index contributed by atoms with van der Waals surface area (Å²) in [5.41, 5.74) is 1.72. The van der Waals surface area contributed by atoms with Gasteiger partial charge < -0.3 is 10.4 Å². The molecule has 0 amide bonds. The molecule has 0 aromatic carbocycles. The molecule has 19 heavy (non-hydrogen) atoms. The van der Waals surface area contributed by atoms with Crippen LogP contribution in [0, 0.1) is 18.8 Å². The molecule has 1 aliphatic rings. The zero-order valence-electron chi connectivity index (χ0n) is 12.2. The van der Waals surface area contributed by atoms with Crippen LogP contribution in [0.5, 0.6) is 5.75 Å². The fraction of sp³-hybridized carbons (Fsp3) is 0.688. The molecule has 1 fully saturated rings. The topological polar surface area (TPSA) is 45.1 Å². The van der Waals surface area contributed by atoms with Crippen LogP contribution in [-0.4, -0.2) is 16.6 Å². The SMILES string of the molecule is Cc1ccc(O)c(CNCCC2CCCC(C)C2)n1. The highest BCUT2D eigenvalue weighted by atomic mass is 16.3. The van der Waals surface area contributed by atoms with Crippen molar-refractivity contribution in [3.05, 3.63) is 23.5 Å². The zero-order chi connectivity index (χ0) is 13.7. The van der Waals surface area contributed by atoms with Crippen molar-refractivity contribution in [3.63, 3.8) is 0 Å². The van der Waals surface area contributed by atoms with E-state index >= 15 is 0 Å². The van der Waals surface area contributed by atoms with Gasteiger partial charge in [-0.1, -0.05) is 26.2 Å². The minimum atomic E-state index is 0.296. The van der Waals surface area contributed by atoms with E-state index in [4.69, 9.17) is 0 Å². The Morgan fingerprint density at radius 3 is 3.00 bits per heavy atom. The average molecular weight is 262 g/mol. The van der Waals surface area contributed by atoms with E-state index in [2.05, 4.69) is 17.2 Å². The zero-order valence-corrected chi connectivity index (χ0v) is 12.2. The van der Waals surface area contributed by atoms with Crippen LogP contribution in [0.25, 0.3) is 0 Å². The summed E-state index contributed by atoms with van der Waals surface area (Å²) < 4.78 is 0. The Morgan fingerprint density at radius 1 is 1.37 bits per heavy atom. The van der Waals surface area contributed by atoms with Gasteiger partial charge in [0.2, 0.25) is 0 Å². The lowest BCUT2D eigenvalue weighted by atomic mass is 9.81. The predicted molar refractivity (Wildman–Crippen MR) is 78.1 cm³/mol.